The average Bonchev–Trinajstić information content (AvgIpc) is 3.16. The SMILES string of the molecule is CC(C)CCCCCCCCCCCCCCC(=O)OC[C@@H](COC(=O)CCCCCCCCCC(C)C)OC(=O)CCCCCCCCCCCCCC(C)C. The van der Waals surface area contributed by atoms with Crippen molar-refractivity contribution in [2.75, 3.05) is 13.2 Å². The molecule has 0 saturated heterocycles. The largest absolute Gasteiger partial charge is 0.462 e. The summed E-state index contributed by atoms with van der Waals surface area (Å²) in [5, 5.41) is 0. The van der Waals surface area contributed by atoms with Gasteiger partial charge in [-0.1, -0.05) is 234 Å². The van der Waals surface area contributed by atoms with Gasteiger partial charge >= 0.3 is 17.9 Å². The lowest BCUT2D eigenvalue weighted by molar-refractivity contribution is -0.167. The van der Waals surface area contributed by atoms with Gasteiger partial charge in [0.05, 0.1) is 0 Å². The number of carbonyl (C=O) groups excluding carboxylic acids is 3. The second-order valence-corrected chi connectivity index (χ2v) is 18.9. The fourth-order valence-electron chi connectivity index (χ4n) is 7.59. The molecule has 338 valence electrons. The number of rotatable bonds is 44. The van der Waals surface area contributed by atoms with Gasteiger partial charge in [0.25, 0.3) is 0 Å². The monoisotopic (exact) mass is 807 g/mol. The molecule has 0 rings (SSSR count). The normalized spacial score (nSPS) is 12.2. The van der Waals surface area contributed by atoms with Crippen LogP contribution in [-0.4, -0.2) is 37.2 Å². The zero-order chi connectivity index (χ0) is 42.0. The standard InChI is InChI=1S/C51H98O6/c1-45(2)37-31-25-19-14-10-7-8-12-16-22-28-34-40-49(52)55-43-48(44-56-50(53)41-35-29-24-18-21-27-33-39-47(5)6)57-51(54)42-36-30-23-17-13-9-11-15-20-26-32-38-46(3)4/h45-48H,7-44H2,1-6H3/t48-/m0/s1. The van der Waals surface area contributed by atoms with Gasteiger partial charge in [0.15, 0.2) is 6.10 Å². The van der Waals surface area contributed by atoms with E-state index in [4.69, 9.17) is 14.2 Å². The van der Waals surface area contributed by atoms with Crippen molar-refractivity contribution in [1.82, 2.24) is 0 Å². The molecule has 6 heteroatoms. The van der Waals surface area contributed by atoms with Crippen LogP contribution >= 0.6 is 0 Å². The number of unbranched alkanes of at least 4 members (excludes halogenated alkanes) is 27. The smallest absolute Gasteiger partial charge is 0.306 e. The highest BCUT2D eigenvalue weighted by Gasteiger charge is 2.19. The molecule has 0 aliphatic heterocycles. The molecule has 0 fully saturated rings. The molecule has 0 N–H and O–H groups in total. The third-order valence-electron chi connectivity index (χ3n) is 11.4. The maximum absolute atomic E-state index is 12.8. The van der Waals surface area contributed by atoms with E-state index in [1.165, 1.54) is 154 Å². The maximum Gasteiger partial charge on any atom is 0.306 e. The summed E-state index contributed by atoms with van der Waals surface area (Å²) in [6, 6.07) is 0. The molecule has 0 aromatic heterocycles. The minimum absolute atomic E-state index is 0.0654. The Kier molecular flexibility index (Phi) is 41.3. The Morgan fingerprint density at radius 1 is 0.298 bits per heavy atom. The van der Waals surface area contributed by atoms with Gasteiger partial charge in [-0.25, -0.2) is 0 Å². The first-order chi connectivity index (χ1) is 27.6. The molecular weight excluding hydrogens is 709 g/mol. The molecule has 1 atom stereocenters. The third kappa shape index (κ3) is 45.3. The number of carbonyl (C=O) groups is 3. The Morgan fingerprint density at radius 2 is 0.509 bits per heavy atom. The van der Waals surface area contributed by atoms with E-state index >= 15 is 0 Å². The Labute approximate surface area is 355 Å². The van der Waals surface area contributed by atoms with Crippen LogP contribution in [0.5, 0.6) is 0 Å². The van der Waals surface area contributed by atoms with Crippen molar-refractivity contribution in [2.45, 2.75) is 279 Å². The molecule has 6 nitrogen and oxygen atoms in total. The molecule has 0 spiro atoms. The zero-order valence-electron chi connectivity index (χ0n) is 39.1. The number of hydrogen-bond donors (Lipinski definition) is 0. The van der Waals surface area contributed by atoms with Gasteiger partial charge in [-0.2, -0.15) is 0 Å². The van der Waals surface area contributed by atoms with E-state index in [0.29, 0.717) is 19.3 Å². The molecule has 0 aliphatic carbocycles. The first-order valence-electron chi connectivity index (χ1n) is 25.1. The third-order valence-corrected chi connectivity index (χ3v) is 11.4. The lowest BCUT2D eigenvalue weighted by atomic mass is 10.0. The molecule has 0 heterocycles. The van der Waals surface area contributed by atoms with Crippen LogP contribution < -0.4 is 0 Å². The van der Waals surface area contributed by atoms with E-state index in [0.717, 1.165) is 75.5 Å². The van der Waals surface area contributed by atoms with Crippen LogP contribution in [0.25, 0.3) is 0 Å². The molecule has 0 bridgehead atoms. The predicted molar refractivity (Wildman–Crippen MR) is 243 cm³/mol. The summed E-state index contributed by atoms with van der Waals surface area (Å²) in [6.07, 6.45) is 41.0. The molecule has 0 aliphatic rings. The highest BCUT2D eigenvalue weighted by Crippen LogP contribution is 2.17. The van der Waals surface area contributed by atoms with Crippen molar-refractivity contribution in [2.24, 2.45) is 17.8 Å². The minimum Gasteiger partial charge on any atom is -0.462 e. The average molecular weight is 807 g/mol. The number of esters is 3. The van der Waals surface area contributed by atoms with Crippen LogP contribution in [0.3, 0.4) is 0 Å². The molecule has 0 aromatic rings. The summed E-state index contributed by atoms with van der Waals surface area (Å²) in [5.41, 5.74) is 0. The van der Waals surface area contributed by atoms with Gasteiger partial charge in [0.1, 0.15) is 13.2 Å². The number of ether oxygens (including phenoxy) is 3. The van der Waals surface area contributed by atoms with Gasteiger partial charge < -0.3 is 14.2 Å². The van der Waals surface area contributed by atoms with E-state index in [1.54, 1.807) is 0 Å². The molecule has 0 amide bonds. The van der Waals surface area contributed by atoms with Gasteiger partial charge in [0.2, 0.25) is 0 Å². The van der Waals surface area contributed by atoms with Crippen LogP contribution in [-0.2, 0) is 28.6 Å². The Hall–Kier alpha value is -1.59. The van der Waals surface area contributed by atoms with Crippen molar-refractivity contribution in [1.29, 1.82) is 0 Å². The van der Waals surface area contributed by atoms with E-state index < -0.39 is 6.10 Å². The summed E-state index contributed by atoms with van der Waals surface area (Å²) in [6.45, 7) is 13.7. The Balaban J connectivity index is 4.31. The van der Waals surface area contributed by atoms with Crippen LogP contribution in [0.15, 0.2) is 0 Å². The van der Waals surface area contributed by atoms with Crippen molar-refractivity contribution < 1.29 is 28.6 Å². The number of hydrogen-bond acceptors (Lipinski definition) is 6. The van der Waals surface area contributed by atoms with Crippen LogP contribution in [0.2, 0.25) is 0 Å². The molecule has 57 heavy (non-hydrogen) atoms. The molecular formula is C51H98O6. The summed E-state index contributed by atoms with van der Waals surface area (Å²) in [7, 11) is 0. The molecule has 0 saturated carbocycles. The van der Waals surface area contributed by atoms with E-state index in [-0.39, 0.29) is 31.1 Å². The quantitative estimate of drug-likeness (QED) is 0.0347. The van der Waals surface area contributed by atoms with E-state index in [1.807, 2.05) is 0 Å². The zero-order valence-corrected chi connectivity index (χ0v) is 39.1. The maximum atomic E-state index is 12.8. The second-order valence-electron chi connectivity index (χ2n) is 18.9. The first kappa shape index (κ1) is 55.4. The fourth-order valence-corrected chi connectivity index (χ4v) is 7.59. The lowest BCUT2D eigenvalue weighted by Crippen LogP contribution is -2.30. The van der Waals surface area contributed by atoms with Crippen molar-refractivity contribution in [3.05, 3.63) is 0 Å². The molecule has 0 unspecified atom stereocenters. The van der Waals surface area contributed by atoms with E-state index in [9.17, 15) is 14.4 Å². The topological polar surface area (TPSA) is 78.9 Å². The predicted octanol–water partition coefficient (Wildman–Crippen LogP) is 16.0. The van der Waals surface area contributed by atoms with Gasteiger partial charge in [-0.3, -0.25) is 14.4 Å². The van der Waals surface area contributed by atoms with Crippen LogP contribution in [0, 0.1) is 17.8 Å². The van der Waals surface area contributed by atoms with Gasteiger partial charge in [-0.15, -0.1) is 0 Å². The first-order valence-corrected chi connectivity index (χ1v) is 25.1. The van der Waals surface area contributed by atoms with E-state index in [2.05, 4.69) is 41.5 Å². The van der Waals surface area contributed by atoms with Crippen molar-refractivity contribution in [3.8, 4) is 0 Å². The van der Waals surface area contributed by atoms with Crippen LogP contribution in [0.1, 0.15) is 273 Å². The summed E-state index contributed by atoms with van der Waals surface area (Å²) in [4.78, 5) is 37.9. The van der Waals surface area contributed by atoms with Crippen LogP contribution in [0.4, 0.5) is 0 Å². The summed E-state index contributed by atoms with van der Waals surface area (Å²) >= 11 is 0. The van der Waals surface area contributed by atoms with Crippen molar-refractivity contribution in [3.63, 3.8) is 0 Å². The molecule has 0 radical (unpaired) electrons. The summed E-state index contributed by atoms with van der Waals surface area (Å²) in [5.74, 6) is 1.58. The summed E-state index contributed by atoms with van der Waals surface area (Å²) < 4.78 is 16.8. The lowest BCUT2D eigenvalue weighted by Gasteiger charge is -2.18. The highest BCUT2D eigenvalue weighted by molar-refractivity contribution is 5.71. The fraction of sp³-hybridized carbons (Fsp3) is 0.941. The van der Waals surface area contributed by atoms with Gasteiger partial charge in [0, 0.05) is 19.3 Å². The highest BCUT2D eigenvalue weighted by atomic mass is 16.6. The van der Waals surface area contributed by atoms with Crippen molar-refractivity contribution >= 4 is 17.9 Å². The molecule has 0 aromatic carbocycles. The Bertz CT molecular complexity index is 883. The minimum atomic E-state index is -0.762. The van der Waals surface area contributed by atoms with Gasteiger partial charge in [-0.05, 0) is 37.0 Å². The Morgan fingerprint density at radius 3 is 0.754 bits per heavy atom. The second kappa shape index (κ2) is 42.5.